The van der Waals surface area contributed by atoms with E-state index in [-0.39, 0.29) is 19.3 Å². The maximum Gasteiger partial charge on any atom is 0.120 e. The van der Waals surface area contributed by atoms with E-state index in [2.05, 4.69) is 11.4 Å². The molecule has 0 amide bonds. The molecule has 0 unspecified atom stereocenters. The third-order valence-electron chi connectivity index (χ3n) is 2.21. The van der Waals surface area contributed by atoms with Gasteiger partial charge in [0.1, 0.15) is 11.8 Å². The lowest BCUT2D eigenvalue weighted by Gasteiger charge is -2.11. The summed E-state index contributed by atoms with van der Waals surface area (Å²) >= 11 is 0. The van der Waals surface area contributed by atoms with Crippen LogP contribution in [0.25, 0.3) is 0 Å². The minimum Gasteiger partial charge on any atom is -0.395 e. The summed E-state index contributed by atoms with van der Waals surface area (Å²) < 4.78 is 1.74. The summed E-state index contributed by atoms with van der Waals surface area (Å²) in [5.41, 5.74) is 1.55. The maximum atomic E-state index is 8.83. The fourth-order valence-electron chi connectivity index (χ4n) is 1.29. The normalized spacial score (nSPS) is 10.6. The lowest BCUT2D eigenvalue weighted by molar-refractivity contribution is 0.170. The first-order valence-electron chi connectivity index (χ1n) is 4.71. The predicted molar refractivity (Wildman–Crippen MR) is 54.9 cm³/mol. The van der Waals surface area contributed by atoms with E-state index in [9.17, 15) is 0 Å². The minimum absolute atomic E-state index is 0.103. The molecule has 0 atom stereocenters. The lowest BCUT2D eigenvalue weighted by Crippen LogP contribution is -2.35. The average molecular weight is 209 g/mol. The Morgan fingerprint density at radius 1 is 1.53 bits per heavy atom. The third kappa shape index (κ3) is 3.06. The van der Waals surface area contributed by atoms with Gasteiger partial charge in [-0.1, -0.05) is 0 Å². The first-order chi connectivity index (χ1) is 7.21. The van der Waals surface area contributed by atoms with E-state index < -0.39 is 0 Å². The Balaban J connectivity index is 2.55. The highest BCUT2D eigenvalue weighted by molar-refractivity contribution is 5.28. The number of hydrogen-bond acceptors (Lipinski definition) is 4. The van der Waals surface area contributed by atoms with E-state index in [4.69, 9.17) is 15.5 Å². The summed E-state index contributed by atoms with van der Waals surface area (Å²) in [6, 6.07) is 3.53. The van der Waals surface area contributed by atoms with Crippen molar-refractivity contribution in [1.82, 2.24) is 9.88 Å². The second-order valence-electron chi connectivity index (χ2n) is 3.40. The van der Waals surface area contributed by atoms with Crippen molar-refractivity contribution < 1.29 is 10.2 Å². The Kier molecular flexibility index (Phi) is 4.31. The van der Waals surface area contributed by atoms with Crippen LogP contribution in [0, 0.1) is 11.3 Å². The molecule has 1 aromatic rings. The molecule has 5 nitrogen and oxygen atoms in total. The molecular weight excluding hydrogens is 194 g/mol. The van der Waals surface area contributed by atoms with Gasteiger partial charge in [-0.25, -0.2) is 0 Å². The van der Waals surface area contributed by atoms with Crippen LogP contribution in [-0.2, 0) is 13.6 Å². The smallest absolute Gasteiger partial charge is 0.120 e. The zero-order valence-corrected chi connectivity index (χ0v) is 8.64. The van der Waals surface area contributed by atoms with E-state index >= 15 is 0 Å². The molecule has 1 aromatic heterocycles. The molecular formula is C10H15N3O2. The van der Waals surface area contributed by atoms with E-state index in [0.29, 0.717) is 12.2 Å². The second-order valence-corrected chi connectivity index (χ2v) is 3.40. The highest BCUT2D eigenvalue weighted by atomic mass is 16.3. The van der Waals surface area contributed by atoms with Crippen LogP contribution in [0.4, 0.5) is 0 Å². The van der Waals surface area contributed by atoms with Gasteiger partial charge in [-0.2, -0.15) is 5.26 Å². The van der Waals surface area contributed by atoms with Crippen LogP contribution in [0.1, 0.15) is 11.3 Å². The molecule has 5 heteroatoms. The number of aliphatic hydroxyl groups excluding tert-OH is 2. The standard InChI is InChI=1S/C10H15N3O2/c1-13-5-8(2-10(13)3-11)4-12-9(6-14)7-15/h2,5,9,12,14-15H,4,6-7H2,1H3. The molecule has 0 aromatic carbocycles. The summed E-state index contributed by atoms with van der Waals surface area (Å²) in [5.74, 6) is 0. The van der Waals surface area contributed by atoms with E-state index in [0.717, 1.165) is 5.56 Å². The van der Waals surface area contributed by atoms with Gasteiger partial charge < -0.3 is 20.1 Å². The molecule has 15 heavy (non-hydrogen) atoms. The number of nitrogens with one attached hydrogen (secondary N) is 1. The summed E-state index contributed by atoms with van der Waals surface area (Å²) in [4.78, 5) is 0. The maximum absolute atomic E-state index is 8.83. The SMILES string of the molecule is Cn1cc(CNC(CO)CO)cc1C#N. The Hall–Kier alpha value is -1.35. The number of aliphatic hydroxyl groups is 2. The molecule has 0 bridgehead atoms. The molecule has 0 aliphatic rings. The Bertz CT molecular complexity index is 350. The molecule has 0 aliphatic carbocycles. The van der Waals surface area contributed by atoms with E-state index in [1.807, 2.05) is 6.20 Å². The lowest BCUT2D eigenvalue weighted by atomic mass is 10.2. The molecule has 82 valence electrons. The number of nitriles is 1. The highest BCUT2D eigenvalue weighted by Gasteiger charge is 2.06. The number of aromatic nitrogens is 1. The van der Waals surface area contributed by atoms with E-state index in [1.54, 1.807) is 17.7 Å². The Morgan fingerprint density at radius 2 is 2.20 bits per heavy atom. The van der Waals surface area contributed by atoms with E-state index in [1.165, 1.54) is 0 Å². The monoisotopic (exact) mass is 209 g/mol. The summed E-state index contributed by atoms with van der Waals surface area (Å²) in [5, 5.41) is 29.4. The Labute approximate surface area is 88.6 Å². The molecule has 0 radical (unpaired) electrons. The van der Waals surface area contributed by atoms with Crippen molar-refractivity contribution in [2.45, 2.75) is 12.6 Å². The van der Waals surface area contributed by atoms with Crippen LogP contribution in [0.5, 0.6) is 0 Å². The van der Waals surface area contributed by atoms with Crippen molar-refractivity contribution >= 4 is 0 Å². The third-order valence-corrected chi connectivity index (χ3v) is 2.21. The molecule has 1 heterocycles. The van der Waals surface area contributed by atoms with Crippen LogP contribution < -0.4 is 5.32 Å². The number of hydrogen-bond donors (Lipinski definition) is 3. The van der Waals surface area contributed by atoms with Gasteiger partial charge in [0.2, 0.25) is 0 Å². The first-order valence-corrected chi connectivity index (χ1v) is 4.71. The van der Waals surface area contributed by atoms with Gasteiger partial charge in [-0.15, -0.1) is 0 Å². The molecule has 0 saturated heterocycles. The average Bonchev–Trinajstić information content (AvgIpc) is 2.60. The van der Waals surface area contributed by atoms with Crippen molar-refractivity contribution in [2.24, 2.45) is 7.05 Å². The molecule has 0 fully saturated rings. The van der Waals surface area contributed by atoms with Gasteiger partial charge in [0, 0.05) is 19.8 Å². The molecule has 0 saturated carbocycles. The minimum atomic E-state index is -0.309. The first kappa shape index (κ1) is 11.7. The molecule has 0 spiro atoms. The van der Waals surface area contributed by atoms with Crippen molar-refractivity contribution in [2.75, 3.05) is 13.2 Å². The van der Waals surface area contributed by atoms with Crippen LogP contribution >= 0.6 is 0 Å². The summed E-state index contributed by atoms with van der Waals surface area (Å²) in [6.07, 6.45) is 1.84. The fraction of sp³-hybridized carbons (Fsp3) is 0.500. The Morgan fingerprint density at radius 3 is 2.67 bits per heavy atom. The zero-order valence-electron chi connectivity index (χ0n) is 8.64. The van der Waals surface area contributed by atoms with Crippen molar-refractivity contribution in [1.29, 1.82) is 5.26 Å². The molecule has 1 rings (SSSR count). The fourth-order valence-corrected chi connectivity index (χ4v) is 1.29. The molecule has 3 N–H and O–H groups in total. The van der Waals surface area contributed by atoms with Gasteiger partial charge >= 0.3 is 0 Å². The quantitative estimate of drug-likeness (QED) is 0.601. The zero-order chi connectivity index (χ0) is 11.3. The van der Waals surface area contributed by atoms with Gasteiger partial charge in [0.25, 0.3) is 0 Å². The van der Waals surface area contributed by atoms with Gasteiger partial charge in [0.05, 0.1) is 19.3 Å². The number of nitrogens with zero attached hydrogens (tertiary/aromatic N) is 2. The molecule has 0 aliphatic heterocycles. The van der Waals surface area contributed by atoms with Crippen molar-refractivity contribution in [3.8, 4) is 6.07 Å². The second kappa shape index (κ2) is 5.51. The number of aryl methyl sites for hydroxylation is 1. The van der Waals surface area contributed by atoms with Crippen LogP contribution in [-0.4, -0.2) is 34.0 Å². The highest BCUT2D eigenvalue weighted by Crippen LogP contribution is 2.05. The van der Waals surface area contributed by atoms with Gasteiger partial charge in [0.15, 0.2) is 0 Å². The van der Waals surface area contributed by atoms with Crippen LogP contribution in [0.15, 0.2) is 12.3 Å². The number of rotatable bonds is 5. The summed E-state index contributed by atoms with van der Waals surface area (Å²) in [7, 11) is 1.80. The van der Waals surface area contributed by atoms with Crippen molar-refractivity contribution in [3.63, 3.8) is 0 Å². The van der Waals surface area contributed by atoms with Crippen molar-refractivity contribution in [3.05, 3.63) is 23.5 Å². The largest absolute Gasteiger partial charge is 0.395 e. The summed E-state index contributed by atoms with van der Waals surface area (Å²) in [6.45, 7) is 0.324. The predicted octanol–water partition coefficient (Wildman–Crippen LogP) is -0.660. The van der Waals surface area contributed by atoms with Gasteiger partial charge in [-0.3, -0.25) is 0 Å². The van der Waals surface area contributed by atoms with Gasteiger partial charge in [-0.05, 0) is 11.6 Å². The topological polar surface area (TPSA) is 81.2 Å². The van der Waals surface area contributed by atoms with Crippen LogP contribution in [0.3, 0.4) is 0 Å². The van der Waals surface area contributed by atoms with Crippen LogP contribution in [0.2, 0.25) is 0 Å².